The van der Waals surface area contributed by atoms with Gasteiger partial charge in [0.25, 0.3) is 0 Å². The topological polar surface area (TPSA) is 68.5 Å². The van der Waals surface area contributed by atoms with Crippen LogP contribution in [-0.4, -0.2) is 31.6 Å². The van der Waals surface area contributed by atoms with Crippen LogP contribution in [0.4, 0.5) is 10.1 Å². The third-order valence-electron chi connectivity index (χ3n) is 3.90. The first-order valence-corrected chi connectivity index (χ1v) is 7.24. The number of anilines is 1. The Morgan fingerprint density at radius 3 is 2.77 bits per heavy atom. The lowest BCUT2D eigenvalue weighted by Crippen LogP contribution is -2.02. The van der Waals surface area contributed by atoms with Crippen LogP contribution in [-0.2, 0) is 0 Å². The molecule has 7 heteroatoms. The van der Waals surface area contributed by atoms with Gasteiger partial charge in [-0.25, -0.2) is 4.98 Å². The van der Waals surface area contributed by atoms with E-state index in [4.69, 9.17) is 0 Å². The molecule has 3 aromatic heterocycles. The maximum absolute atomic E-state index is 14.0. The van der Waals surface area contributed by atoms with E-state index in [2.05, 4.69) is 25.3 Å². The summed E-state index contributed by atoms with van der Waals surface area (Å²) < 4.78 is 16.0. The highest BCUT2D eigenvalue weighted by Gasteiger charge is 2.29. The van der Waals surface area contributed by atoms with Crippen molar-refractivity contribution in [3.8, 4) is 11.4 Å². The SMILES string of the molecule is CNc1cccnc1-c1nc(F)nc2c1nc(C)n2C1CC1. The van der Waals surface area contributed by atoms with Gasteiger partial charge in [0.05, 0.1) is 5.69 Å². The minimum absolute atomic E-state index is 0.375. The van der Waals surface area contributed by atoms with Crippen LogP contribution >= 0.6 is 0 Å². The van der Waals surface area contributed by atoms with E-state index in [1.54, 1.807) is 13.2 Å². The predicted octanol–water partition coefficient (Wildman–Crippen LogP) is 2.71. The monoisotopic (exact) mass is 298 g/mol. The van der Waals surface area contributed by atoms with E-state index >= 15 is 0 Å². The Bertz CT molecular complexity index is 868. The van der Waals surface area contributed by atoms with Crippen LogP contribution < -0.4 is 5.32 Å². The van der Waals surface area contributed by atoms with Gasteiger partial charge in [-0.15, -0.1) is 0 Å². The molecular weight excluding hydrogens is 283 g/mol. The molecule has 22 heavy (non-hydrogen) atoms. The number of rotatable bonds is 3. The summed E-state index contributed by atoms with van der Waals surface area (Å²) in [5.74, 6) is 0.834. The second-order valence-electron chi connectivity index (χ2n) is 5.42. The number of imidazole rings is 1. The van der Waals surface area contributed by atoms with Gasteiger partial charge in [-0.2, -0.15) is 14.4 Å². The van der Waals surface area contributed by atoms with Crippen molar-refractivity contribution in [2.45, 2.75) is 25.8 Å². The van der Waals surface area contributed by atoms with Crippen molar-refractivity contribution >= 4 is 16.9 Å². The molecule has 0 radical (unpaired) electrons. The average Bonchev–Trinajstić information content (AvgIpc) is 3.29. The molecule has 0 bridgehead atoms. The van der Waals surface area contributed by atoms with E-state index in [1.807, 2.05) is 23.6 Å². The van der Waals surface area contributed by atoms with Crippen LogP contribution in [0.2, 0.25) is 0 Å². The van der Waals surface area contributed by atoms with Crippen LogP contribution in [0.15, 0.2) is 18.3 Å². The highest BCUT2D eigenvalue weighted by Crippen LogP contribution is 2.39. The van der Waals surface area contributed by atoms with E-state index in [-0.39, 0.29) is 0 Å². The maximum atomic E-state index is 14.0. The molecule has 0 saturated heterocycles. The lowest BCUT2D eigenvalue weighted by molar-refractivity contribution is 0.542. The number of hydrogen-bond donors (Lipinski definition) is 1. The molecule has 0 amide bonds. The Labute approximate surface area is 126 Å². The zero-order chi connectivity index (χ0) is 15.3. The standard InChI is InChI=1S/C15H15FN6/c1-8-19-13-12(11-10(17-2)4-3-7-18-11)20-15(16)21-14(13)22(8)9-5-6-9/h3-4,7,9,17H,5-6H2,1-2H3. The fourth-order valence-electron chi connectivity index (χ4n) is 2.79. The Hall–Kier alpha value is -2.57. The van der Waals surface area contributed by atoms with Crippen LogP contribution in [0, 0.1) is 13.0 Å². The minimum Gasteiger partial charge on any atom is -0.386 e. The zero-order valence-electron chi connectivity index (χ0n) is 12.3. The molecule has 1 aliphatic carbocycles. The molecule has 0 spiro atoms. The summed E-state index contributed by atoms with van der Waals surface area (Å²) in [6.45, 7) is 1.92. The van der Waals surface area contributed by atoms with E-state index in [0.29, 0.717) is 28.6 Å². The molecule has 0 aliphatic heterocycles. The number of aromatic nitrogens is 5. The molecule has 6 nitrogen and oxygen atoms in total. The number of halogens is 1. The lowest BCUT2D eigenvalue weighted by atomic mass is 10.2. The number of hydrogen-bond acceptors (Lipinski definition) is 5. The number of nitrogens with zero attached hydrogens (tertiary/aromatic N) is 5. The summed E-state index contributed by atoms with van der Waals surface area (Å²) in [5, 5.41) is 3.05. The Balaban J connectivity index is 2.04. The van der Waals surface area contributed by atoms with Crippen LogP contribution in [0.3, 0.4) is 0 Å². The summed E-state index contributed by atoms with van der Waals surface area (Å²) in [4.78, 5) is 16.8. The normalized spacial score (nSPS) is 14.5. The molecule has 3 aromatic rings. The smallest absolute Gasteiger partial charge is 0.311 e. The van der Waals surface area contributed by atoms with Crippen molar-refractivity contribution < 1.29 is 4.39 Å². The van der Waals surface area contributed by atoms with Crippen LogP contribution in [0.1, 0.15) is 24.7 Å². The lowest BCUT2D eigenvalue weighted by Gasteiger charge is -2.08. The summed E-state index contributed by atoms with van der Waals surface area (Å²) in [6.07, 6.45) is 3.07. The van der Waals surface area contributed by atoms with Gasteiger partial charge in [0.1, 0.15) is 22.7 Å². The maximum Gasteiger partial charge on any atom is 0.311 e. The third kappa shape index (κ3) is 1.93. The molecule has 0 aromatic carbocycles. The van der Waals surface area contributed by atoms with Crippen LogP contribution in [0.25, 0.3) is 22.6 Å². The summed E-state index contributed by atoms with van der Waals surface area (Å²) in [5.41, 5.74) is 2.93. The van der Waals surface area contributed by atoms with E-state index < -0.39 is 6.08 Å². The van der Waals surface area contributed by atoms with Gasteiger partial charge in [-0.1, -0.05) is 0 Å². The fraction of sp³-hybridized carbons (Fsp3) is 0.333. The minimum atomic E-state index is -0.753. The molecule has 112 valence electrons. The molecule has 1 saturated carbocycles. The predicted molar refractivity (Wildman–Crippen MR) is 81.1 cm³/mol. The van der Waals surface area contributed by atoms with E-state index in [1.165, 1.54) is 0 Å². The van der Waals surface area contributed by atoms with Gasteiger partial charge in [-0.3, -0.25) is 4.98 Å². The summed E-state index contributed by atoms with van der Waals surface area (Å²) in [6, 6.07) is 4.07. The highest BCUT2D eigenvalue weighted by molar-refractivity contribution is 5.90. The first-order chi connectivity index (χ1) is 10.7. The van der Waals surface area contributed by atoms with Gasteiger partial charge in [0, 0.05) is 19.3 Å². The van der Waals surface area contributed by atoms with Crippen molar-refractivity contribution in [2.24, 2.45) is 0 Å². The molecular formula is C15H15FN6. The van der Waals surface area contributed by atoms with Gasteiger partial charge in [-0.05, 0) is 31.9 Å². The number of fused-ring (bicyclic) bond motifs is 1. The van der Waals surface area contributed by atoms with Crippen molar-refractivity contribution in [2.75, 3.05) is 12.4 Å². The molecule has 1 N–H and O–H groups in total. The number of aryl methyl sites for hydroxylation is 1. The van der Waals surface area contributed by atoms with Gasteiger partial charge in [0.2, 0.25) is 0 Å². The van der Waals surface area contributed by atoms with Gasteiger partial charge in [0.15, 0.2) is 5.65 Å². The van der Waals surface area contributed by atoms with E-state index in [0.717, 1.165) is 24.4 Å². The van der Waals surface area contributed by atoms with Crippen molar-refractivity contribution in [3.05, 3.63) is 30.2 Å². The highest BCUT2D eigenvalue weighted by atomic mass is 19.1. The van der Waals surface area contributed by atoms with Crippen molar-refractivity contribution in [1.29, 1.82) is 0 Å². The summed E-state index contributed by atoms with van der Waals surface area (Å²) in [7, 11) is 1.79. The summed E-state index contributed by atoms with van der Waals surface area (Å²) >= 11 is 0. The Kier molecular flexibility index (Phi) is 2.82. The molecule has 4 rings (SSSR count). The van der Waals surface area contributed by atoms with Crippen LogP contribution in [0.5, 0.6) is 0 Å². The van der Waals surface area contributed by atoms with Crippen molar-refractivity contribution in [3.63, 3.8) is 0 Å². The van der Waals surface area contributed by atoms with Crippen molar-refractivity contribution in [1.82, 2.24) is 24.5 Å². The molecule has 0 unspecified atom stereocenters. The first kappa shape index (κ1) is 13.1. The average molecular weight is 298 g/mol. The molecule has 1 aliphatic rings. The first-order valence-electron chi connectivity index (χ1n) is 7.24. The number of nitrogens with one attached hydrogen (secondary N) is 1. The largest absolute Gasteiger partial charge is 0.386 e. The second kappa shape index (κ2) is 4.72. The molecule has 1 fully saturated rings. The Morgan fingerprint density at radius 2 is 2.05 bits per heavy atom. The third-order valence-corrected chi connectivity index (χ3v) is 3.90. The second-order valence-corrected chi connectivity index (χ2v) is 5.42. The zero-order valence-corrected chi connectivity index (χ0v) is 12.3. The number of pyridine rings is 1. The van der Waals surface area contributed by atoms with Gasteiger partial charge >= 0.3 is 6.08 Å². The molecule has 3 heterocycles. The fourth-order valence-corrected chi connectivity index (χ4v) is 2.79. The van der Waals surface area contributed by atoms with E-state index in [9.17, 15) is 4.39 Å². The quantitative estimate of drug-likeness (QED) is 0.753. The van der Waals surface area contributed by atoms with Gasteiger partial charge < -0.3 is 9.88 Å². The molecule has 0 atom stereocenters. The Morgan fingerprint density at radius 1 is 1.23 bits per heavy atom.